The summed E-state index contributed by atoms with van der Waals surface area (Å²) in [7, 11) is 4.55. The van der Waals surface area contributed by atoms with Gasteiger partial charge in [-0.1, -0.05) is 25.5 Å². The maximum Gasteiger partial charge on any atom is 0.0127 e. The molecule has 1 aliphatic heterocycles. The highest BCUT2D eigenvalue weighted by atomic mass is 15.1. The van der Waals surface area contributed by atoms with Gasteiger partial charge in [-0.15, -0.1) is 0 Å². The van der Waals surface area contributed by atoms with Crippen molar-refractivity contribution in [1.29, 1.82) is 0 Å². The number of fused-ring (bicyclic) bond motifs is 4. The summed E-state index contributed by atoms with van der Waals surface area (Å²) < 4.78 is 0. The zero-order valence-electron chi connectivity index (χ0n) is 17.8. The Kier molecular flexibility index (Phi) is 3.82. The summed E-state index contributed by atoms with van der Waals surface area (Å²) in [4.78, 5) is 2.47. The Labute approximate surface area is 161 Å². The lowest BCUT2D eigenvalue weighted by molar-refractivity contribution is -0.103. The third-order valence-corrected chi connectivity index (χ3v) is 10.5. The lowest BCUT2D eigenvalue weighted by atomic mass is 9.41. The van der Waals surface area contributed by atoms with Crippen molar-refractivity contribution < 1.29 is 0 Å². The van der Waals surface area contributed by atoms with Gasteiger partial charge in [0, 0.05) is 18.6 Å². The minimum absolute atomic E-state index is 0.483. The fraction of sp³-hybridized carbons (Fsp3) is 0.917. The first kappa shape index (κ1) is 17.7. The van der Waals surface area contributed by atoms with Crippen LogP contribution in [0.4, 0.5) is 0 Å². The molecule has 0 aromatic carbocycles. The molecule has 8 atom stereocenters. The first-order valence-corrected chi connectivity index (χ1v) is 11.4. The van der Waals surface area contributed by atoms with Crippen LogP contribution in [0.15, 0.2) is 11.6 Å². The van der Waals surface area contributed by atoms with Gasteiger partial charge < -0.3 is 10.2 Å². The van der Waals surface area contributed by atoms with Gasteiger partial charge in [-0.25, -0.2) is 0 Å². The Bertz CT molecular complexity index is 624. The Morgan fingerprint density at radius 3 is 2.62 bits per heavy atom. The maximum absolute atomic E-state index is 3.89. The predicted octanol–water partition coefficient (Wildman–Crippen LogP) is 4.86. The standard InChI is InChI=1S/C24H40N2/c1-16-19-6-7-21-23(3)11-8-17-14-18(26(4)5)9-12-22(17,2)20(23)10-13-24(19,21)15-25-16/h8,16,18-21,25H,6-7,9-15H2,1-5H3/t16-,18-,19+,20+,21-,22-,23+,24-/m0/s1. The van der Waals surface area contributed by atoms with Crippen LogP contribution in [0.1, 0.15) is 72.1 Å². The summed E-state index contributed by atoms with van der Waals surface area (Å²) in [5, 5.41) is 3.89. The number of hydrogen-bond donors (Lipinski definition) is 1. The second kappa shape index (κ2) is 5.60. The van der Waals surface area contributed by atoms with E-state index in [-0.39, 0.29) is 0 Å². The number of nitrogens with zero attached hydrogens (tertiary/aromatic N) is 1. The van der Waals surface area contributed by atoms with E-state index in [9.17, 15) is 0 Å². The summed E-state index contributed by atoms with van der Waals surface area (Å²) in [5.41, 5.74) is 3.49. The van der Waals surface area contributed by atoms with E-state index >= 15 is 0 Å². The highest BCUT2D eigenvalue weighted by Crippen LogP contribution is 2.72. The van der Waals surface area contributed by atoms with Gasteiger partial charge in [0.05, 0.1) is 0 Å². The summed E-state index contributed by atoms with van der Waals surface area (Å²) >= 11 is 0. The van der Waals surface area contributed by atoms with E-state index < -0.39 is 0 Å². The molecule has 1 heterocycles. The van der Waals surface area contributed by atoms with Crippen molar-refractivity contribution in [2.24, 2.45) is 34.0 Å². The molecule has 0 aromatic heterocycles. The van der Waals surface area contributed by atoms with Crippen LogP contribution in [0.3, 0.4) is 0 Å². The van der Waals surface area contributed by atoms with Crippen LogP contribution in [0, 0.1) is 34.0 Å². The van der Waals surface area contributed by atoms with Gasteiger partial charge in [0.15, 0.2) is 0 Å². The van der Waals surface area contributed by atoms with Crippen LogP contribution in [-0.2, 0) is 0 Å². The zero-order valence-corrected chi connectivity index (χ0v) is 17.8. The summed E-state index contributed by atoms with van der Waals surface area (Å²) in [6.07, 6.45) is 14.2. The van der Waals surface area contributed by atoms with Gasteiger partial charge in [-0.05, 0) is 106 Å². The molecule has 3 saturated carbocycles. The monoisotopic (exact) mass is 356 g/mol. The smallest absolute Gasteiger partial charge is 0.0127 e. The lowest BCUT2D eigenvalue weighted by Gasteiger charge is -2.63. The van der Waals surface area contributed by atoms with E-state index in [0.29, 0.717) is 16.2 Å². The SMILES string of the molecule is C[C@@H]1NC[C@]23CC[C@H]4[C@@](C)(CC=C5C[C@@H](N(C)C)CC[C@@]54C)[C@@H]2CC[C@H]13. The predicted molar refractivity (Wildman–Crippen MR) is 109 cm³/mol. The highest BCUT2D eigenvalue weighted by molar-refractivity contribution is 5.29. The maximum atomic E-state index is 3.89. The van der Waals surface area contributed by atoms with E-state index in [4.69, 9.17) is 0 Å². The second-order valence-electron chi connectivity index (χ2n) is 11.4. The molecule has 1 saturated heterocycles. The third-order valence-electron chi connectivity index (χ3n) is 10.5. The van der Waals surface area contributed by atoms with Gasteiger partial charge >= 0.3 is 0 Å². The van der Waals surface area contributed by atoms with E-state index in [1.54, 1.807) is 0 Å². The van der Waals surface area contributed by atoms with Crippen LogP contribution < -0.4 is 5.32 Å². The van der Waals surface area contributed by atoms with Crippen molar-refractivity contribution in [3.63, 3.8) is 0 Å². The van der Waals surface area contributed by atoms with Gasteiger partial charge in [0.2, 0.25) is 0 Å². The Morgan fingerprint density at radius 2 is 1.85 bits per heavy atom. The quantitative estimate of drug-likeness (QED) is 0.675. The summed E-state index contributed by atoms with van der Waals surface area (Å²) in [5.74, 6) is 2.83. The third kappa shape index (κ3) is 2.07. The van der Waals surface area contributed by atoms with Crippen LogP contribution in [-0.4, -0.2) is 37.6 Å². The molecule has 0 radical (unpaired) electrons. The molecule has 4 aliphatic carbocycles. The van der Waals surface area contributed by atoms with E-state index in [1.165, 1.54) is 57.9 Å². The van der Waals surface area contributed by atoms with Gasteiger partial charge in [0.25, 0.3) is 0 Å². The van der Waals surface area contributed by atoms with Crippen molar-refractivity contribution in [3.8, 4) is 0 Å². The molecule has 5 rings (SSSR count). The van der Waals surface area contributed by atoms with Crippen LogP contribution >= 0.6 is 0 Å². The van der Waals surface area contributed by atoms with Crippen molar-refractivity contribution in [2.75, 3.05) is 20.6 Å². The summed E-state index contributed by atoms with van der Waals surface area (Å²) in [6, 6.07) is 1.52. The fourth-order valence-corrected chi connectivity index (χ4v) is 9.14. The van der Waals surface area contributed by atoms with Crippen LogP contribution in [0.5, 0.6) is 0 Å². The number of nitrogens with one attached hydrogen (secondary N) is 1. The Morgan fingerprint density at radius 1 is 1.04 bits per heavy atom. The molecule has 2 heteroatoms. The number of rotatable bonds is 1. The van der Waals surface area contributed by atoms with Crippen molar-refractivity contribution in [3.05, 3.63) is 11.6 Å². The van der Waals surface area contributed by atoms with Gasteiger partial charge in [0.1, 0.15) is 0 Å². The lowest BCUT2D eigenvalue weighted by Crippen LogP contribution is -2.57. The normalized spacial score (nSPS) is 55.8. The summed E-state index contributed by atoms with van der Waals surface area (Å²) in [6.45, 7) is 9.14. The Balaban J connectivity index is 1.50. The topological polar surface area (TPSA) is 15.3 Å². The molecule has 0 amide bonds. The molecule has 5 aliphatic rings. The molecule has 0 bridgehead atoms. The molecule has 146 valence electrons. The van der Waals surface area contributed by atoms with E-state index in [2.05, 4.69) is 51.2 Å². The molecular weight excluding hydrogens is 316 g/mol. The van der Waals surface area contributed by atoms with Gasteiger partial charge in [-0.2, -0.15) is 0 Å². The number of allylic oxidation sites excluding steroid dienone is 1. The average molecular weight is 357 g/mol. The second-order valence-corrected chi connectivity index (χ2v) is 11.4. The molecule has 1 spiro atoms. The van der Waals surface area contributed by atoms with E-state index in [0.717, 1.165) is 29.8 Å². The van der Waals surface area contributed by atoms with E-state index in [1.807, 2.05) is 5.57 Å². The van der Waals surface area contributed by atoms with Crippen molar-refractivity contribution in [1.82, 2.24) is 10.2 Å². The molecule has 4 fully saturated rings. The molecule has 0 unspecified atom stereocenters. The van der Waals surface area contributed by atoms with Crippen LogP contribution in [0.2, 0.25) is 0 Å². The average Bonchev–Trinajstić information content (AvgIpc) is 3.12. The molecule has 26 heavy (non-hydrogen) atoms. The van der Waals surface area contributed by atoms with Crippen molar-refractivity contribution >= 4 is 0 Å². The van der Waals surface area contributed by atoms with Crippen LogP contribution in [0.25, 0.3) is 0 Å². The first-order chi connectivity index (χ1) is 12.3. The highest BCUT2D eigenvalue weighted by Gasteiger charge is 2.66. The van der Waals surface area contributed by atoms with Gasteiger partial charge in [-0.3, -0.25) is 0 Å². The zero-order chi connectivity index (χ0) is 18.3. The molecular formula is C24H40N2. The first-order valence-electron chi connectivity index (χ1n) is 11.4. The number of hydrogen-bond acceptors (Lipinski definition) is 2. The van der Waals surface area contributed by atoms with Crippen molar-refractivity contribution in [2.45, 2.75) is 84.2 Å². The minimum atomic E-state index is 0.483. The molecule has 1 N–H and O–H groups in total. The largest absolute Gasteiger partial charge is 0.313 e. The molecule has 2 nitrogen and oxygen atoms in total. The Hall–Kier alpha value is -0.340. The fourth-order valence-electron chi connectivity index (χ4n) is 9.14. The molecule has 0 aromatic rings. The minimum Gasteiger partial charge on any atom is -0.313 e.